The van der Waals surface area contributed by atoms with Crippen molar-refractivity contribution in [1.82, 2.24) is 4.90 Å². The number of anilines is 2. The second kappa shape index (κ2) is 9.61. The van der Waals surface area contributed by atoms with Gasteiger partial charge >= 0.3 is 0 Å². The van der Waals surface area contributed by atoms with E-state index in [0.717, 1.165) is 5.69 Å². The predicted molar refractivity (Wildman–Crippen MR) is 115 cm³/mol. The molecule has 2 aromatic carbocycles. The fraction of sp³-hybridized carbons (Fsp3) is 0.348. The van der Waals surface area contributed by atoms with Gasteiger partial charge in [-0.05, 0) is 30.3 Å². The molecule has 0 radical (unpaired) electrons. The molecular weight excluding hydrogens is 398 g/mol. The van der Waals surface area contributed by atoms with E-state index in [2.05, 4.69) is 5.32 Å². The first kappa shape index (κ1) is 20.9. The van der Waals surface area contributed by atoms with E-state index in [-0.39, 0.29) is 30.6 Å². The average molecular weight is 423 g/mol. The Balaban J connectivity index is 1.32. The number of nitrogens with one attached hydrogen (secondary N) is 1. The van der Waals surface area contributed by atoms with Gasteiger partial charge < -0.3 is 24.6 Å². The molecule has 0 aromatic heterocycles. The molecule has 2 aromatic rings. The van der Waals surface area contributed by atoms with Crippen LogP contribution in [0.5, 0.6) is 5.75 Å². The molecule has 0 aliphatic carbocycles. The number of nitrogens with zero attached hydrogens (tertiary/aromatic N) is 2. The van der Waals surface area contributed by atoms with Crippen molar-refractivity contribution >= 4 is 29.1 Å². The van der Waals surface area contributed by atoms with Crippen LogP contribution >= 0.6 is 0 Å². The zero-order chi connectivity index (χ0) is 21.6. The molecule has 0 spiro atoms. The van der Waals surface area contributed by atoms with Crippen molar-refractivity contribution in [2.45, 2.75) is 12.8 Å². The van der Waals surface area contributed by atoms with Crippen molar-refractivity contribution in [2.24, 2.45) is 0 Å². The minimum absolute atomic E-state index is 0.0556. The summed E-state index contributed by atoms with van der Waals surface area (Å²) in [5.74, 6) is 0.196. The highest BCUT2D eigenvalue weighted by Gasteiger charge is 2.24. The van der Waals surface area contributed by atoms with E-state index in [4.69, 9.17) is 9.47 Å². The number of rotatable bonds is 5. The largest absolute Gasteiger partial charge is 0.490 e. The topological polar surface area (TPSA) is 88.2 Å². The first-order chi connectivity index (χ1) is 15.1. The van der Waals surface area contributed by atoms with Crippen LogP contribution < -0.4 is 15.0 Å². The summed E-state index contributed by atoms with van der Waals surface area (Å²) in [5, 5.41) is 2.79. The Kier molecular flexibility index (Phi) is 6.47. The molecule has 1 fully saturated rings. The lowest BCUT2D eigenvalue weighted by molar-refractivity contribution is -0.122. The number of fused-ring (bicyclic) bond motifs is 1. The minimum Gasteiger partial charge on any atom is -0.490 e. The lowest BCUT2D eigenvalue weighted by Gasteiger charge is -2.29. The number of morpholine rings is 1. The van der Waals surface area contributed by atoms with Crippen molar-refractivity contribution in [1.29, 1.82) is 0 Å². The van der Waals surface area contributed by atoms with Crippen LogP contribution in [0.15, 0.2) is 48.5 Å². The summed E-state index contributed by atoms with van der Waals surface area (Å²) >= 11 is 0. The van der Waals surface area contributed by atoms with Crippen LogP contribution in [-0.4, -0.2) is 62.1 Å². The highest BCUT2D eigenvalue weighted by atomic mass is 16.5. The summed E-state index contributed by atoms with van der Waals surface area (Å²) in [6.45, 7) is 3.07. The molecule has 2 aliphatic rings. The van der Waals surface area contributed by atoms with Crippen molar-refractivity contribution in [3.63, 3.8) is 0 Å². The van der Waals surface area contributed by atoms with Gasteiger partial charge in [0.05, 0.1) is 25.4 Å². The molecule has 0 atom stereocenters. The van der Waals surface area contributed by atoms with Gasteiger partial charge in [0.15, 0.2) is 0 Å². The maximum Gasteiger partial charge on any atom is 0.254 e. The maximum absolute atomic E-state index is 12.7. The Labute approximate surface area is 180 Å². The summed E-state index contributed by atoms with van der Waals surface area (Å²) in [6.07, 6.45) is 0.145. The van der Waals surface area contributed by atoms with E-state index >= 15 is 0 Å². The minimum atomic E-state index is -0.272. The number of hydrogen-bond acceptors (Lipinski definition) is 5. The van der Waals surface area contributed by atoms with Gasteiger partial charge in [0.25, 0.3) is 5.91 Å². The number of carbonyl (C=O) groups excluding carboxylic acids is 3. The molecule has 1 N–H and O–H groups in total. The van der Waals surface area contributed by atoms with Gasteiger partial charge in [0, 0.05) is 37.2 Å². The number of hydrogen-bond donors (Lipinski definition) is 1. The summed E-state index contributed by atoms with van der Waals surface area (Å²) in [5.41, 5.74) is 1.78. The van der Waals surface area contributed by atoms with Crippen LogP contribution in [0.4, 0.5) is 11.4 Å². The van der Waals surface area contributed by atoms with Crippen molar-refractivity contribution in [3.8, 4) is 5.75 Å². The van der Waals surface area contributed by atoms with E-state index < -0.39 is 0 Å². The zero-order valence-electron chi connectivity index (χ0n) is 17.2. The van der Waals surface area contributed by atoms with Gasteiger partial charge in [-0.2, -0.15) is 0 Å². The Morgan fingerprint density at radius 1 is 0.903 bits per heavy atom. The molecular formula is C23H25N3O5. The Hall–Kier alpha value is -3.39. The summed E-state index contributed by atoms with van der Waals surface area (Å²) in [6, 6.07) is 14.2. The second-order valence-corrected chi connectivity index (χ2v) is 7.40. The van der Waals surface area contributed by atoms with Gasteiger partial charge in [-0.1, -0.05) is 18.2 Å². The monoisotopic (exact) mass is 423 g/mol. The van der Waals surface area contributed by atoms with Crippen LogP contribution in [0, 0.1) is 0 Å². The Morgan fingerprint density at radius 2 is 1.71 bits per heavy atom. The highest BCUT2D eigenvalue weighted by Crippen LogP contribution is 2.31. The van der Waals surface area contributed by atoms with Crippen LogP contribution in [0.2, 0.25) is 0 Å². The van der Waals surface area contributed by atoms with Gasteiger partial charge in [-0.15, -0.1) is 0 Å². The van der Waals surface area contributed by atoms with E-state index in [0.29, 0.717) is 56.5 Å². The lowest BCUT2D eigenvalue weighted by Crippen LogP contribution is -2.40. The summed E-state index contributed by atoms with van der Waals surface area (Å²) in [4.78, 5) is 41.1. The number of benzene rings is 2. The van der Waals surface area contributed by atoms with E-state index in [1.165, 1.54) is 0 Å². The van der Waals surface area contributed by atoms with Crippen LogP contribution in [-0.2, 0) is 14.3 Å². The van der Waals surface area contributed by atoms with Gasteiger partial charge in [0.1, 0.15) is 12.4 Å². The highest BCUT2D eigenvalue weighted by molar-refractivity contribution is 6.00. The third-order valence-corrected chi connectivity index (χ3v) is 5.29. The smallest absolute Gasteiger partial charge is 0.254 e. The molecule has 0 bridgehead atoms. The first-order valence-electron chi connectivity index (χ1n) is 10.4. The standard InChI is InChI=1S/C23H25N3O5/c27-21(8-9-22(28)26-12-15-31-20-7-2-1-6-19(20)26)24-18-5-3-4-17(16-18)23(29)25-10-13-30-14-11-25/h1-7,16H,8-15H2,(H,24,27). The van der Waals surface area contributed by atoms with Crippen molar-refractivity contribution < 1.29 is 23.9 Å². The molecule has 0 saturated carbocycles. The molecule has 8 nitrogen and oxygen atoms in total. The lowest BCUT2D eigenvalue weighted by atomic mass is 10.1. The molecule has 1 saturated heterocycles. The molecule has 2 heterocycles. The predicted octanol–water partition coefficient (Wildman–Crippen LogP) is 2.30. The van der Waals surface area contributed by atoms with E-state index in [9.17, 15) is 14.4 Å². The molecule has 4 rings (SSSR count). The van der Waals surface area contributed by atoms with Crippen molar-refractivity contribution in [3.05, 3.63) is 54.1 Å². The van der Waals surface area contributed by atoms with Gasteiger partial charge in [-0.3, -0.25) is 14.4 Å². The number of ether oxygens (including phenoxy) is 2. The van der Waals surface area contributed by atoms with Gasteiger partial charge in [0.2, 0.25) is 11.8 Å². The van der Waals surface area contributed by atoms with Crippen molar-refractivity contribution in [2.75, 3.05) is 49.7 Å². The normalized spacial score (nSPS) is 15.6. The van der Waals surface area contributed by atoms with Gasteiger partial charge in [-0.25, -0.2) is 0 Å². The third-order valence-electron chi connectivity index (χ3n) is 5.29. The summed E-state index contributed by atoms with van der Waals surface area (Å²) in [7, 11) is 0. The SMILES string of the molecule is O=C(CCC(=O)N1CCOc2ccccc21)Nc1cccc(C(=O)N2CCOCC2)c1. The first-order valence-corrected chi connectivity index (χ1v) is 10.4. The fourth-order valence-electron chi connectivity index (χ4n) is 3.69. The van der Waals surface area contributed by atoms with E-state index in [1.54, 1.807) is 34.1 Å². The third kappa shape index (κ3) is 5.03. The molecule has 0 unspecified atom stereocenters. The van der Waals surface area contributed by atoms with Crippen LogP contribution in [0.3, 0.4) is 0 Å². The number of para-hydroxylation sites is 2. The van der Waals surface area contributed by atoms with Crippen LogP contribution in [0.1, 0.15) is 23.2 Å². The fourth-order valence-corrected chi connectivity index (χ4v) is 3.69. The molecule has 162 valence electrons. The van der Waals surface area contributed by atoms with E-state index in [1.807, 2.05) is 24.3 Å². The zero-order valence-corrected chi connectivity index (χ0v) is 17.2. The average Bonchev–Trinajstić information content (AvgIpc) is 2.82. The Bertz CT molecular complexity index is 971. The maximum atomic E-state index is 12.7. The number of amides is 3. The van der Waals surface area contributed by atoms with Crippen LogP contribution in [0.25, 0.3) is 0 Å². The molecule has 31 heavy (non-hydrogen) atoms. The molecule has 3 amide bonds. The molecule has 8 heteroatoms. The molecule has 2 aliphatic heterocycles. The summed E-state index contributed by atoms with van der Waals surface area (Å²) < 4.78 is 10.9. The Morgan fingerprint density at radius 3 is 2.55 bits per heavy atom. The number of carbonyl (C=O) groups is 3. The quantitative estimate of drug-likeness (QED) is 0.797. The second-order valence-electron chi connectivity index (χ2n) is 7.40.